The number of thioether (sulfide) groups is 1. The summed E-state index contributed by atoms with van der Waals surface area (Å²) in [4.78, 5) is 8.24. The van der Waals surface area contributed by atoms with Crippen LogP contribution in [0.4, 0.5) is 0 Å². The van der Waals surface area contributed by atoms with E-state index in [1.54, 1.807) is 6.33 Å². The molecule has 1 aliphatic carbocycles. The maximum absolute atomic E-state index is 4.12. The maximum atomic E-state index is 4.12. The van der Waals surface area contributed by atoms with Crippen molar-refractivity contribution in [2.45, 2.75) is 50.3 Å². The Labute approximate surface area is 114 Å². The predicted octanol–water partition coefficient (Wildman–Crippen LogP) is 3.19. The number of aromatic nitrogens is 2. The molecule has 0 bridgehead atoms. The molecule has 4 heteroatoms. The highest BCUT2D eigenvalue weighted by Gasteiger charge is 2.17. The molecule has 100 valence electrons. The monoisotopic (exact) mass is 265 g/mol. The Balaban J connectivity index is 1.86. The molecule has 1 heterocycles. The van der Waals surface area contributed by atoms with Gasteiger partial charge in [0, 0.05) is 35.0 Å². The van der Waals surface area contributed by atoms with E-state index in [0.717, 1.165) is 17.5 Å². The lowest BCUT2D eigenvalue weighted by Gasteiger charge is -2.24. The zero-order valence-electron chi connectivity index (χ0n) is 11.1. The smallest absolute Gasteiger partial charge is 0.115 e. The van der Waals surface area contributed by atoms with Crippen molar-refractivity contribution in [1.29, 1.82) is 0 Å². The molecule has 1 N–H and O–H groups in total. The molecule has 0 radical (unpaired) electrons. The molecule has 1 aromatic heterocycles. The molecule has 0 amide bonds. The minimum Gasteiger partial charge on any atom is -0.309 e. The van der Waals surface area contributed by atoms with Crippen LogP contribution in [0.5, 0.6) is 0 Å². The Kier molecular flexibility index (Phi) is 5.94. The summed E-state index contributed by atoms with van der Waals surface area (Å²) in [5.74, 6) is 1.13. The lowest BCUT2D eigenvalue weighted by molar-refractivity contribution is 0.514. The predicted molar refractivity (Wildman–Crippen MR) is 77.8 cm³/mol. The first-order valence-electron chi connectivity index (χ1n) is 7.00. The van der Waals surface area contributed by atoms with Crippen LogP contribution in [0.15, 0.2) is 18.7 Å². The summed E-state index contributed by atoms with van der Waals surface area (Å²) in [5, 5.41) is 4.40. The zero-order valence-corrected chi connectivity index (χ0v) is 12.0. The molecule has 3 nitrogen and oxygen atoms in total. The quantitative estimate of drug-likeness (QED) is 0.857. The third-order valence-corrected chi connectivity index (χ3v) is 4.95. The van der Waals surface area contributed by atoms with Gasteiger partial charge in [0.1, 0.15) is 6.33 Å². The van der Waals surface area contributed by atoms with Crippen LogP contribution in [-0.2, 0) is 0 Å². The van der Waals surface area contributed by atoms with E-state index in [1.807, 2.05) is 12.4 Å². The number of hydrogen-bond donors (Lipinski definition) is 1. The van der Waals surface area contributed by atoms with Crippen molar-refractivity contribution in [3.8, 4) is 0 Å². The van der Waals surface area contributed by atoms with Crippen molar-refractivity contribution < 1.29 is 0 Å². The number of hydrogen-bond acceptors (Lipinski definition) is 4. The van der Waals surface area contributed by atoms with Gasteiger partial charge in [0.05, 0.1) is 0 Å². The second-order valence-corrected chi connectivity index (χ2v) is 6.21. The largest absolute Gasteiger partial charge is 0.309 e. The molecule has 1 unspecified atom stereocenters. The summed E-state index contributed by atoms with van der Waals surface area (Å²) in [5.41, 5.74) is 1.21. The van der Waals surface area contributed by atoms with E-state index in [9.17, 15) is 0 Å². The van der Waals surface area contributed by atoms with Crippen molar-refractivity contribution in [2.24, 2.45) is 0 Å². The minimum atomic E-state index is 0.392. The summed E-state index contributed by atoms with van der Waals surface area (Å²) in [6.45, 7) is 3.15. The molecular weight excluding hydrogens is 242 g/mol. The van der Waals surface area contributed by atoms with Crippen molar-refractivity contribution in [3.05, 3.63) is 24.3 Å². The van der Waals surface area contributed by atoms with E-state index in [0.29, 0.717) is 6.04 Å². The molecule has 18 heavy (non-hydrogen) atoms. The molecule has 0 aliphatic heterocycles. The van der Waals surface area contributed by atoms with E-state index in [2.05, 4.69) is 34.0 Å². The fraction of sp³-hybridized carbons (Fsp3) is 0.714. The fourth-order valence-electron chi connectivity index (χ4n) is 2.47. The normalized spacial score (nSPS) is 18.7. The van der Waals surface area contributed by atoms with Crippen LogP contribution in [-0.4, -0.2) is 27.5 Å². The van der Waals surface area contributed by atoms with Crippen molar-refractivity contribution in [2.75, 3.05) is 12.3 Å². The molecule has 1 fully saturated rings. The van der Waals surface area contributed by atoms with Gasteiger partial charge in [-0.1, -0.05) is 26.2 Å². The number of nitrogens with zero attached hydrogens (tertiary/aromatic N) is 2. The highest BCUT2D eigenvalue weighted by molar-refractivity contribution is 7.99. The van der Waals surface area contributed by atoms with Crippen molar-refractivity contribution in [1.82, 2.24) is 15.3 Å². The molecule has 0 aromatic carbocycles. The molecule has 0 saturated heterocycles. The minimum absolute atomic E-state index is 0.392. The van der Waals surface area contributed by atoms with Crippen LogP contribution in [0.2, 0.25) is 0 Å². The zero-order chi connectivity index (χ0) is 12.6. The third kappa shape index (κ3) is 4.25. The Hall–Kier alpha value is -0.610. The fourth-order valence-corrected chi connectivity index (χ4v) is 3.92. The first kappa shape index (κ1) is 13.8. The van der Waals surface area contributed by atoms with E-state index in [1.165, 1.54) is 37.7 Å². The van der Waals surface area contributed by atoms with Gasteiger partial charge in [-0.15, -0.1) is 0 Å². The topological polar surface area (TPSA) is 37.8 Å². The third-order valence-electron chi connectivity index (χ3n) is 3.48. The van der Waals surface area contributed by atoms with Gasteiger partial charge >= 0.3 is 0 Å². The maximum Gasteiger partial charge on any atom is 0.115 e. The average molecular weight is 265 g/mol. The second-order valence-electron chi connectivity index (χ2n) is 4.88. The summed E-state index contributed by atoms with van der Waals surface area (Å²) >= 11 is 2.12. The summed E-state index contributed by atoms with van der Waals surface area (Å²) in [6.07, 6.45) is 12.5. The van der Waals surface area contributed by atoms with Crippen molar-refractivity contribution >= 4 is 11.8 Å². The van der Waals surface area contributed by atoms with Gasteiger partial charge in [-0.25, -0.2) is 9.97 Å². The summed E-state index contributed by atoms with van der Waals surface area (Å²) < 4.78 is 0. The molecule has 0 spiro atoms. The first-order chi connectivity index (χ1) is 8.90. The van der Waals surface area contributed by atoms with Crippen LogP contribution in [0.3, 0.4) is 0 Å². The van der Waals surface area contributed by atoms with Gasteiger partial charge in [0.15, 0.2) is 0 Å². The highest BCUT2D eigenvalue weighted by Crippen LogP contribution is 2.30. The van der Waals surface area contributed by atoms with Crippen molar-refractivity contribution in [3.63, 3.8) is 0 Å². The van der Waals surface area contributed by atoms with E-state index in [-0.39, 0.29) is 0 Å². The van der Waals surface area contributed by atoms with E-state index in [4.69, 9.17) is 0 Å². The molecule has 2 rings (SSSR count). The average Bonchev–Trinajstić information content (AvgIpc) is 2.45. The number of rotatable bonds is 6. The van der Waals surface area contributed by atoms with Crippen LogP contribution < -0.4 is 5.32 Å². The van der Waals surface area contributed by atoms with Crippen LogP contribution in [0.1, 0.15) is 50.6 Å². The summed E-state index contributed by atoms with van der Waals surface area (Å²) in [6, 6.07) is 0.392. The van der Waals surface area contributed by atoms with Crippen LogP contribution in [0.25, 0.3) is 0 Å². The standard InChI is InChI=1S/C14H23N3S/c1-2-17-14(12-8-15-11-16-9-12)10-18-13-6-4-3-5-7-13/h8-9,11,13-14,17H,2-7,10H2,1H3. The number of nitrogens with one attached hydrogen (secondary N) is 1. The van der Waals surface area contributed by atoms with Gasteiger partial charge in [0.2, 0.25) is 0 Å². The van der Waals surface area contributed by atoms with Crippen LogP contribution >= 0.6 is 11.8 Å². The van der Waals surface area contributed by atoms with Gasteiger partial charge < -0.3 is 5.32 Å². The lowest BCUT2D eigenvalue weighted by atomic mass is 10.0. The van der Waals surface area contributed by atoms with E-state index >= 15 is 0 Å². The van der Waals surface area contributed by atoms with Gasteiger partial charge in [-0.3, -0.25) is 0 Å². The van der Waals surface area contributed by atoms with Crippen LogP contribution in [0, 0.1) is 0 Å². The second kappa shape index (κ2) is 7.74. The Bertz CT molecular complexity index is 325. The Morgan fingerprint density at radius 3 is 2.67 bits per heavy atom. The molecule has 1 atom stereocenters. The molecule has 1 aromatic rings. The molecule has 1 saturated carbocycles. The molecule has 1 aliphatic rings. The summed E-state index contributed by atoms with van der Waals surface area (Å²) in [7, 11) is 0. The SMILES string of the molecule is CCNC(CSC1CCCCC1)c1cncnc1. The lowest BCUT2D eigenvalue weighted by Crippen LogP contribution is -2.24. The van der Waals surface area contributed by atoms with E-state index < -0.39 is 0 Å². The van der Waals surface area contributed by atoms with Gasteiger partial charge in [-0.05, 0) is 19.4 Å². The first-order valence-corrected chi connectivity index (χ1v) is 8.05. The Morgan fingerprint density at radius 1 is 1.28 bits per heavy atom. The highest BCUT2D eigenvalue weighted by atomic mass is 32.2. The Morgan fingerprint density at radius 2 is 2.00 bits per heavy atom. The molecular formula is C14H23N3S. The van der Waals surface area contributed by atoms with Gasteiger partial charge in [0.25, 0.3) is 0 Å². The van der Waals surface area contributed by atoms with Gasteiger partial charge in [-0.2, -0.15) is 11.8 Å².